The van der Waals surface area contributed by atoms with Gasteiger partial charge in [-0.3, -0.25) is 4.79 Å². The highest BCUT2D eigenvalue weighted by Gasteiger charge is 2.17. The lowest BCUT2D eigenvalue weighted by molar-refractivity contribution is 0.0948. The van der Waals surface area contributed by atoms with E-state index in [0.29, 0.717) is 22.5 Å². The summed E-state index contributed by atoms with van der Waals surface area (Å²) in [6.07, 6.45) is 1.18. The average Bonchev–Trinajstić information content (AvgIpc) is 2.88. The predicted molar refractivity (Wildman–Crippen MR) is 76.6 cm³/mol. The summed E-state index contributed by atoms with van der Waals surface area (Å²) in [7, 11) is 1.75. The first-order valence-electron chi connectivity index (χ1n) is 5.90. The molecule has 1 aliphatic heterocycles. The van der Waals surface area contributed by atoms with E-state index in [-0.39, 0.29) is 5.91 Å². The first kappa shape index (κ1) is 13.5. The van der Waals surface area contributed by atoms with E-state index in [2.05, 4.69) is 15.6 Å². The van der Waals surface area contributed by atoms with Crippen LogP contribution in [0.25, 0.3) is 0 Å². The Morgan fingerprint density at radius 2 is 2.44 bits per heavy atom. The minimum Gasteiger partial charge on any atom is -0.373 e. The Labute approximate surface area is 116 Å². The van der Waals surface area contributed by atoms with Crippen LogP contribution in [0.2, 0.25) is 5.15 Å². The van der Waals surface area contributed by atoms with Crippen molar-refractivity contribution in [1.82, 2.24) is 10.3 Å². The third-order valence-electron chi connectivity index (χ3n) is 2.89. The second-order valence-corrected chi connectivity index (χ2v) is 5.79. The molecule has 2 rings (SSSR count). The Kier molecular flexibility index (Phi) is 4.72. The van der Waals surface area contributed by atoms with Gasteiger partial charge in [-0.05, 0) is 36.0 Å². The van der Waals surface area contributed by atoms with Gasteiger partial charge in [0.2, 0.25) is 0 Å². The zero-order valence-corrected chi connectivity index (χ0v) is 11.8. The third-order valence-corrected chi connectivity index (χ3v) is 4.31. The van der Waals surface area contributed by atoms with E-state index in [1.807, 2.05) is 11.8 Å². The van der Waals surface area contributed by atoms with E-state index in [1.54, 1.807) is 19.2 Å². The molecule has 0 bridgehead atoms. The van der Waals surface area contributed by atoms with Gasteiger partial charge in [-0.2, -0.15) is 11.8 Å². The van der Waals surface area contributed by atoms with Crippen LogP contribution in [0.15, 0.2) is 12.1 Å². The molecule has 2 N–H and O–H groups in total. The lowest BCUT2D eigenvalue weighted by atomic mass is 10.1. The van der Waals surface area contributed by atoms with E-state index in [0.717, 1.165) is 12.3 Å². The highest BCUT2D eigenvalue weighted by Crippen LogP contribution is 2.22. The zero-order chi connectivity index (χ0) is 13.0. The molecule has 0 aromatic carbocycles. The molecule has 18 heavy (non-hydrogen) atoms. The summed E-state index contributed by atoms with van der Waals surface area (Å²) >= 11 is 7.81. The minimum atomic E-state index is -0.0901. The number of nitrogens with zero attached hydrogens (tertiary/aromatic N) is 1. The topological polar surface area (TPSA) is 54.0 Å². The molecular formula is C12H16ClN3OS. The second-order valence-electron chi connectivity index (χ2n) is 4.25. The van der Waals surface area contributed by atoms with E-state index in [1.165, 1.54) is 12.2 Å². The maximum atomic E-state index is 12.0. The van der Waals surface area contributed by atoms with Crippen LogP contribution in [0.3, 0.4) is 0 Å². The summed E-state index contributed by atoms with van der Waals surface area (Å²) < 4.78 is 0. The summed E-state index contributed by atoms with van der Waals surface area (Å²) in [6.45, 7) is 0.737. The lowest BCUT2D eigenvalue weighted by Gasteiger charge is -2.10. The number of carbonyl (C=O) groups excluding carboxylic acids is 1. The molecule has 1 aliphatic rings. The number of thioether (sulfide) groups is 1. The molecule has 1 atom stereocenters. The van der Waals surface area contributed by atoms with Gasteiger partial charge in [0.15, 0.2) is 0 Å². The quantitative estimate of drug-likeness (QED) is 0.833. The molecule has 0 aliphatic carbocycles. The largest absolute Gasteiger partial charge is 0.373 e. The van der Waals surface area contributed by atoms with E-state index in [4.69, 9.17) is 11.6 Å². The van der Waals surface area contributed by atoms with Crippen molar-refractivity contribution in [2.24, 2.45) is 5.92 Å². The number of aromatic nitrogens is 1. The molecule has 0 radical (unpaired) electrons. The van der Waals surface area contributed by atoms with Crippen LogP contribution in [0.1, 0.15) is 16.8 Å². The number of hydrogen-bond acceptors (Lipinski definition) is 4. The van der Waals surface area contributed by atoms with Gasteiger partial charge in [-0.25, -0.2) is 4.98 Å². The molecule has 0 saturated carbocycles. The first-order valence-corrected chi connectivity index (χ1v) is 7.43. The van der Waals surface area contributed by atoms with Gasteiger partial charge in [0.1, 0.15) is 11.0 Å². The van der Waals surface area contributed by atoms with Crippen LogP contribution in [0, 0.1) is 5.92 Å². The standard InChI is InChI=1S/C12H16ClN3OS/c1-14-11-5-9(4-10(13)16-11)12(17)15-6-8-2-3-18-7-8/h4-5,8H,2-3,6-7H2,1H3,(H,14,16)(H,15,17). The maximum Gasteiger partial charge on any atom is 0.251 e. The summed E-state index contributed by atoms with van der Waals surface area (Å²) in [5, 5.41) is 6.16. The molecule has 1 aromatic heterocycles. The molecule has 1 aromatic rings. The normalized spacial score (nSPS) is 18.7. The number of amides is 1. The van der Waals surface area contributed by atoms with Gasteiger partial charge in [-0.1, -0.05) is 11.6 Å². The third kappa shape index (κ3) is 3.53. The Morgan fingerprint density at radius 3 is 3.11 bits per heavy atom. The summed E-state index contributed by atoms with van der Waals surface area (Å²) in [5.41, 5.74) is 0.546. The Morgan fingerprint density at radius 1 is 1.61 bits per heavy atom. The van der Waals surface area contributed by atoms with Crippen molar-refractivity contribution in [2.75, 3.05) is 30.4 Å². The van der Waals surface area contributed by atoms with Gasteiger partial charge in [-0.15, -0.1) is 0 Å². The minimum absolute atomic E-state index is 0.0901. The number of carbonyl (C=O) groups is 1. The number of halogens is 1. The summed E-state index contributed by atoms with van der Waals surface area (Å²) in [4.78, 5) is 16.0. The number of rotatable bonds is 4. The van der Waals surface area contributed by atoms with Crippen LogP contribution in [0.4, 0.5) is 5.82 Å². The second kappa shape index (κ2) is 6.29. The highest BCUT2D eigenvalue weighted by atomic mass is 35.5. The molecule has 1 unspecified atom stereocenters. The average molecular weight is 286 g/mol. The highest BCUT2D eigenvalue weighted by molar-refractivity contribution is 7.99. The van der Waals surface area contributed by atoms with Gasteiger partial charge in [0.25, 0.3) is 5.91 Å². The number of anilines is 1. The molecule has 2 heterocycles. The Balaban J connectivity index is 1.97. The molecule has 0 spiro atoms. The van der Waals surface area contributed by atoms with Crippen molar-refractivity contribution in [3.05, 3.63) is 22.8 Å². The smallest absolute Gasteiger partial charge is 0.251 e. The van der Waals surface area contributed by atoms with Gasteiger partial charge in [0.05, 0.1) is 0 Å². The fourth-order valence-electron chi connectivity index (χ4n) is 1.84. The van der Waals surface area contributed by atoms with Crippen LogP contribution in [-0.2, 0) is 0 Å². The lowest BCUT2D eigenvalue weighted by Crippen LogP contribution is -2.29. The fourth-order valence-corrected chi connectivity index (χ4v) is 3.33. The van der Waals surface area contributed by atoms with Crippen molar-refractivity contribution >= 4 is 35.1 Å². The predicted octanol–water partition coefficient (Wildman–Crippen LogP) is 2.26. The van der Waals surface area contributed by atoms with Crippen LogP contribution in [0.5, 0.6) is 0 Å². The summed E-state index contributed by atoms with van der Waals surface area (Å²) in [5.74, 6) is 3.45. The number of nitrogens with one attached hydrogen (secondary N) is 2. The molecule has 1 saturated heterocycles. The molecule has 1 fully saturated rings. The van der Waals surface area contributed by atoms with E-state index < -0.39 is 0 Å². The summed E-state index contributed by atoms with van der Waals surface area (Å²) in [6, 6.07) is 3.28. The van der Waals surface area contributed by atoms with Crippen molar-refractivity contribution in [1.29, 1.82) is 0 Å². The number of hydrogen-bond donors (Lipinski definition) is 2. The van der Waals surface area contributed by atoms with Crippen molar-refractivity contribution < 1.29 is 4.79 Å². The monoisotopic (exact) mass is 285 g/mol. The van der Waals surface area contributed by atoms with Crippen LogP contribution < -0.4 is 10.6 Å². The Bertz CT molecular complexity index is 435. The zero-order valence-electron chi connectivity index (χ0n) is 10.2. The van der Waals surface area contributed by atoms with E-state index >= 15 is 0 Å². The first-order chi connectivity index (χ1) is 8.69. The molecule has 98 valence electrons. The van der Waals surface area contributed by atoms with Crippen LogP contribution in [-0.4, -0.2) is 36.0 Å². The van der Waals surface area contributed by atoms with Gasteiger partial charge < -0.3 is 10.6 Å². The number of pyridine rings is 1. The van der Waals surface area contributed by atoms with Gasteiger partial charge >= 0.3 is 0 Å². The van der Waals surface area contributed by atoms with Crippen LogP contribution >= 0.6 is 23.4 Å². The van der Waals surface area contributed by atoms with Crippen molar-refractivity contribution in [3.63, 3.8) is 0 Å². The molecular weight excluding hydrogens is 270 g/mol. The van der Waals surface area contributed by atoms with Gasteiger partial charge in [0, 0.05) is 19.2 Å². The fraction of sp³-hybridized carbons (Fsp3) is 0.500. The molecule has 1 amide bonds. The SMILES string of the molecule is CNc1cc(C(=O)NCC2CCSC2)cc(Cl)n1. The molecule has 4 nitrogen and oxygen atoms in total. The van der Waals surface area contributed by atoms with Crippen molar-refractivity contribution in [2.45, 2.75) is 6.42 Å². The Hall–Kier alpha value is -0.940. The van der Waals surface area contributed by atoms with Crippen molar-refractivity contribution in [3.8, 4) is 0 Å². The maximum absolute atomic E-state index is 12.0. The van der Waals surface area contributed by atoms with E-state index in [9.17, 15) is 4.79 Å². The molecule has 6 heteroatoms.